The molecule has 2 nitrogen and oxygen atoms in total. The first-order chi connectivity index (χ1) is 9.19. The van der Waals surface area contributed by atoms with Crippen LogP contribution >= 0.6 is 0 Å². The third kappa shape index (κ3) is 1.84. The Morgan fingerprint density at radius 3 is 2.95 bits per heavy atom. The summed E-state index contributed by atoms with van der Waals surface area (Å²) in [5.41, 5.74) is 3.06. The average Bonchev–Trinajstić information content (AvgIpc) is 2.45. The van der Waals surface area contributed by atoms with Crippen LogP contribution in [0.25, 0.3) is 0 Å². The SMILES string of the molecule is COc1ccc2c(c1)[C@]1(C)CCC[C@@H](C#N)[C@@H]1CC2. The fourth-order valence-corrected chi connectivity index (χ4v) is 4.27. The number of benzene rings is 1. The highest BCUT2D eigenvalue weighted by molar-refractivity contribution is 5.43. The van der Waals surface area contributed by atoms with Crippen molar-refractivity contribution in [3.63, 3.8) is 0 Å². The molecule has 0 aliphatic heterocycles. The molecule has 0 unspecified atom stereocenters. The molecule has 1 aromatic rings. The molecule has 2 aliphatic rings. The minimum atomic E-state index is 0.167. The summed E-state index contributed by atoms with van der Waals surface area (Å²) in [5, 5.41) is 9.42. The van der Waals surface area contributed by atoms with Crippen molar-refractivity contribution in [2.24, 2.45) is 11.8 Å². The van der Waals surface area contributed by atoms with Gasteiger partial charge in [0.2, 0.25) is 0 Å². The number of aryl methyl sites for hydroxylation is 1. The molecule has 100 valence electrons. The largest absolute Gasteiger partial charge is 0.497 e. The van der Waals surface area contributed by atoms with E-state index < -0.39 is 0 Å². The van der Waals surface area contributed by atoms with Gasteiger partial charge in [0.1, 0.15) is 5.75 Å². The fourth-order valence-electron chi connectivity index (χ4n) is 4.27. The summed E-state index contributed by atoms with van der Waals surface area (Å²) in [7, 11) is 1.73. The van der Waals surface area contributed by atoms with Gasteiger partial charge in [-0.05, 0) is 60.3 Å². The van der Waals surface area contributed by atoms with Crippen molar-refractivity contribution >= 4 is 0 Å². The molecule has 0 bridgehead atoms. The third-order valence-corrected chi connectivity index (χ3v) is 5.34. The van der Waals surface area contributed by atoms with Gasteiger partial charge in [0.25, 0.3) is 0 Å². The Kier molecular flexibility index (Phi) is 3.01. The zero-order valence-electron chi connectivity index (χ0n) is 11.8. The van der Waals surface area contributed by atoms with Crippen molar-refractivity contribution in [2.75, 3.05) is 7.11 Å². The molecule has 0 spiro atoms. The predicted molar refractivity (Wildman–Crippen MR) is 75.1 cm³/mol. The Morgan fingerprint density at radius 1 is 1.37 bits per heavy atom. The molecule has 0 radical (unpaired) electrons. The summed E-state index contributed by atoms with van der Waals surface area (Å²) in [6, 6.07) is 9.04. The van der Waals surface area contributed by atoms with Crippen molar-refractivity contribution in [3.8, 4) is 11.8 Å². The molecule has 0 amide bonds. The van der Waals surface area contributed by atoms with Crippen LogP contribution < -0.4 is 4.74 Å². The topological polar surface area (TPSA) is 33.0 Å². The van der Waals surface area contributed by atoms with Crippen LogP contribution in [0.2, 0.25) is 0 Å². The Morgan fingerprint density at radius 2 is 2.21 bits per heavy atom. The molecular weight excluding hydrogens is 234 g/mol. The smallest absolute Gasteiger partial charge is 0.119 e. The van der Waals surface area contributed by atoms with Crippen molar-refractivity contribution in [1.82, 2.24) is 0 Å². The zero-order valence-corrected chi connectivity index (χ0v) is 11.8. The summed E-state index contributed by atoms with van der Waals surface area (Å²) in [6.45, 7) is 2.36. The number of ether oxygens (including phenoxy) is 1. The second kappa shape index (κ2) is 4.56. The van der Waals surface area contributed by atoms with Gasteiger partial charge in [-0.3, -0.25) is 0 Å². The van der Waals surface area contributed by atoms with Gasteiger partial charge in [-0.15, -0.1) is 0 Å². The van der Waals surface area contributed by atoms with Crippen molar-refractivity contribution in [3.05, 3.63) is 29.3 Å². The molecular formula is C17H21NO. The number of nitriles is 1. The van der Waals surface area contributed by atoms with Gasteiger partial charge in [0, 0.05) is 5.92 Å². The van der Waals surface area contributed by atoms with E-state index in [0.717, 1.165) is 25.0 Å². The van der Waals surface area contributed by atoms with E-state index in [9.17, 15) is 5.26 Å². The van der Waals surface area contributed by atoms with Crippen LogP contribution in [0.4, 0.5) is 0 Å². The van der Waals surface area contributed by atoms with Gasteiger partial charge < -0.3 is 4.74 Å². The second-order valence-electron chi connectivity index (χ2n) is 6.21. The summed E-state index contributed by atoms with van der Waals surface area (Å²) >= 11 is 0. The Hall–Kier alpha value is -1.49. The van der Waals surface area contributed by atoms with Gasteiger partial charge >= 0.3 is 0 Å². The molecule has 0 N–H and O–H groups in total. The highest BCUT2D eigenvalue weighted by Crippen LogP contribution is 2.52. The Bertz CT molecular complexity index is 531. The standard InChI is InChI=1S/C17H21NO/c1-17-9-3-4-13(11-18)15(17)8-6-12-5-7-14(19-2)10-16(12)17/h5,7,10,13,15H,3-4,6,8-9H2,1-2H3/t13-,15-,17+/m0/s1. The molecule has 0 heterocycles. The number of fused-ring (bicyclic) bond motifs is 3. The quantitative estimate of drug-likeness (QED) is 0.764. The summed E-state index contributed by atoms with van der Waals surface area (Å²) in [5.74, 6) is 1.70. The van der Waals surface area contributed by atoms with E-state index in [1.807, 2.05) is 0 Å². The van der Waals surface area contributed by atoms with Crippen molar-refractivity contribution in [1.29, 1.82) is 5.26 Å². The van der Waals surface area contributed by atoms with E-state index in [1.165, 1.54) is 24.0 Å². The average molecular weight is 255 g/mol. The maximum absolute atomic E-state index is 9.42. The fraction of sp³-hybridized carbons (Fsp3) is 0.588. The maximum Gasteiger partial charge on any atom is 0.119 e. The molecule has 1 fully saturated rings. The van der Waals surface area contributed by atoms with Crippen LogP contribution in [0.5, 0.6) is 5.75 Å². The minimum Gasteiger partial charge on any atom is -0.497 e. The first kappa shape index (κ1) is 12.5. The Labute approximate surface area is 115 Å². The summed E-state index contributed by atoms with van der Waals surface area (Å²) < 4.78 is 5.39. The van der Waals surface area contributed by atoms with Crippen LogP contribution in [-0.4, -0.2) is 7.11 Å². The molecule has 0 aromatic heterocycles. The van der Waals surface area contributed by atoms with E-state index >= 15 is 0 Å². The molecule has 1 saturated carbocycles. The lowest BCUT2D eigenvalue weighted by atomic mass is 9.55. The monoisotopic (exact) mass is 255 g/mol. The normalized spacial score (nSPS) is 32.9. The molecule has 19 heavy (non-hydrogen) atoms. The molecule has 2 aliphatic carbocycles. The number of rotatable bonds is 1. The highest BCUT2D eigenvalue weighted by atomic mass is 16.5. The van der Waals surface area contributed by atoms with Crippen LogP contribution in [-0.2, 0) is 11.8 Å². The maximum atomic E-state index is 9.42. The lowest BCUT2D eigenvalue weighted by Gasteiger charge is -2.48. The second-order valence-corrected chi connectivity index (χ2v) is 6.21. The van der Waals surface area contributed by atoms with Gasteiger partial charge in [-0.2, -0.15) is 5.26 Å². The predicted octanol–water partition coefficient (Wildman–Crippen LogP) is 3.84. The van der Waals surface area contributed by atoms with Crippen LogP contribution in [0, 0.1) is 23.2 Å². The van der Waals surface area contributed by atoms with Gasteiger partial charge in [0.05, 0.1) is 13.2 Å². The van der Waals surface area contributed by atoms with E-state index in [-0.39, 0.29) is 11.3 Å². The number of nitrogens with zero attached hydrogens (tertiary/aromatic N) is 1. The van der Waals surface area contributed by atoms with Gasteiger partial charge in [-0.1, -0.05) is 19.4 Å². The molecule has 1 aromatic carbocycles. The van der Waals surface area contributed by atoms with E-state index in [4.69, 9.17) is 4.74 Å². The van der Waals surface area contributed by atoms with Crippen LogP contribution in [0.3, 0.4) is 0 Å². The molecule has 2 heteroatoms. The minimum absolute atomic E-state index is 0.167. The highest BCUT2D eigenvalue weighted by Gasteiger charge is 2.46. The number of methoxy groups -OCH3 is 1. The van der Waals surface area contributed by atoms with Crippen molar-refractivity contribution < 1.29 is 4.74 Å². The van der Waals surface area contributed by atoms with E-state index in [2.05, 4.69) is 31.2 Å². The first-order valence-electron chi connectivity index (χ1n) is 7.26. The third-order valence-electron chi connectivity index (χ3n) is 5.34. The van der Waals surface area contributed by atoms with E-state index in [1.54, 1.807) is 7.11 Å². The summed E-state index contributed by atoms with van der Waals surface area (Å²) in [4.78, 5) is 0. The zero-order chi connectivity index (χ0) is 13.5. The van der Waals surface area contributed by atoms with Crippen molar-refractivity contribution in [2.45, 2.75) is 44.4 Å². The van der Waals surface area contributed by atoms with Gasteiger partial charge in [-0.25, -0.2) is 0 Å². The lowest BCUT2D eigenvalue weighted by molar-refractivity contribution is 0.137. The number of hydrogen-bond acceptors (Lipinski definition) is 2. The van der Waals surface area contributed by atoms with Crippen LogP contribution in [0.1, 0.15) is 43.7 Å². The lowest BCUT2D eigenvalue weighted by Crippen LogP contribution is -2.43. The van der Waals surface area contributed by atoms with E-state index in [0.29, 0.717) is 5.92 Å². The first-order valence-corrected chi connectivity index (χ1v) is 7.26. The Balaban J connectivity index is 2.08. The van der Waals surface area contributed by atoms with Crippen LogP contribution in [0.15, 0.2) is 18.2 Å². The number of hydrogen-bond donors (Lipinski definition) is 0. The molecule has 3 atom stereocenters. The summed E-state index contributed by atoms with van der Waals surface area (Å²) in [6.07, 6.45) is 5.72. The molecule has 0 saturated heterocycles. The van der Waals surface area contributed by atoms with Gasteiger partial charge in [0.15, 0.2) is 0 Å². The molecule has 3 rings (SSSR count).